The van der Waals surface area contributed by atoms with Crippen molar-refractivity contribution in [2.75, 3.05) is 0 Å². The second kappa shape index (κ2) is 8.99. The van der Waals surface area contributed by atoms with E-state index >= 15 is 0 Å². The molecule has 1 aromatic heterocycles. The van der Waals surface area contributed by atoms with E-state index < -0.39 is 24.5 Å². The van der Waals surface area contributed by atoms with Gasteiger partial charge in [-0.15, -0.1) is 0 Å². The first-order valence-corrected chi connectivity index (χ1v) is 9.46. The highest BCUT2D eigenvalue weighted by Crippen LogP contribution is 2.25. The molecule has 6 nitrogen and oxygen atoms in total. The summed E-state index contributed by atoms with van der Waals surface area (Å²) in [5.74, 6) is -1.41. The molecule has 0 aliphatic rings. The number of ether oxygens (including phenoxy) is 2. The summed E-state index contributed by atoms with van der Waals surface area (Å²) in [5.41, 5.74) is 2.34. The first-order valence-electron chi connectivity index (χ1n) is 9.46. The van der Waals surface area contributed by atoms with Crippen LogP contribution in [0.1, 0.15) is 39.0 Å². The van der Waals surface area contributed by atoms with Gasteiger partial charge in [0.15, 0.2) is 6.10 Å². The van der Waals surface area contributed by atoms with E-state index in [1.807, 2.05) is 0 Å². The van der Waals surface area contributed by atoms with Crippen LogP contribution in [0.3, 0.4) is 0 Å². The number of rotatable bonds is 7. The lowest BCUT2D eigenvalue weighted by Crippen LogP contribution is -2.25. The number of Topliss-reactive ketones (excluding diaryl/α,β-unsaturated/α-hetero) is 1. The van der Waals surface area contributed by atoms with Crippen molar-refractivity contribution in [3.05, 3.63) is 77.1 Å². The minimum absolute atomic E-state index is 0.0290. The predicted octanol–water partition coefficient (Wildman–Crippen LogP) is 4.83. The fraction of sp³-hybridized carbons (Fsp3) is 0.217. The SMILES string of the molecule is Cc1cc(C(=O)C(C)OC(=O)c2ccccc2O)c(C)n1-c1ccc(OC(F)F)cc1. The first-order chi connectivity index (χ1) is 14.7. The van der Waals surface area contributed by atoms with Gasteiger partial charge in [-0.05, 0) is 63.2 Å². The number of carbonyl (C=O) groups excluding carboxylic acids is 2. The van der Waals surface area contributed by atoms with Gasteiger partial charge in [0.25, 0.3) is 0 Å². The van der Waals surface area contributed by atoms with Gasteiger partial charge in [0.2, 0.25) is 5.78 Å². The summed E-state index contributed by atoms with van der Waals surface area (Å²) in [4.78, 5) is 25.2. The molecule has 1 atom stereocenters. The number of halogens is 2. The van der Waals surface area contributed by atoms with Crippen LogP contribution in [-0.2, 0) is 4.74 Å². The Hall–Kier alpha value is -3.68. The second-order valence-electron chi connectivity index (χ2n) is 6.92. The van der Waals surface area contributed by atoms with Crippen molar-refractivity contribution in [3.8, 4) is 17.2 Å². The predicted molar refractivity (Wildman–Crippen MR) is 109 cm³/mol. The third-order valence-corrected chi connectivity index (χ3v) is 4.79. The maximum atomic E-state index is 12.9. The highest BCUT2D eigenvalue weighted by molar-refractivity contribution is 6.03. The molecule has 0 amide bonds. The summed E-state index contributed by atoms with van der Waals surface area (Å²) >= 11 is 0. The van der Waals surface area contributed by atoms with Crippen LogP contribution < -0.4 is 4.74 Å². The molecule has 0 spiro atoms. The van der Waals surface area contributed by atoms with Gasteiger partial charge in [-0.1, -0.05) is 12.1 Å². The molecule has 0 saturated carbocycles. The molecule has 0 aliphatic carbocycles. The Morgan fingerprint density at radius 2 is 1.65 bits per heavy atom. The molecule has 8 heteroatoms. The molecule has 3 aromatic rings. The fourth-order valence-electron chi connectivity index (χ4n) is 3.33. The lowest BCUT2D eigenvalue weighted by Gasteiger charge is -2.14. The monoisotopic (exact) mass is 429 g/mol. The zero-order chi connectivity index (χ0) is 22.7. The van der Waals surface area contributed by atoms with E-state index in [4.69, 9.17) is 4.74 Å². The van der Waals surface area contributed by atoms with Crippen LogP contribution >= 0.6 is 0 Å². The Morgan fingerprint density at radius 1 is 1.00 bits per heavy atom. The maximum Gasteiger partial charge on any atom is 0.387 e. The maximum absolute atomic E-state index is 12.9. The molecule has 162 valence electrons. The summed E-state index contributed by atoms with van der Waals surface area (Å²) < 4.78 is 36.1. The minimum Gasteiger partial charge on any atom is -0.507 e. The first kappa shape index (κ1) is 22.0. The number of benzene rings is 2. The van der Waals surface area contributed by atoms with Gasteiger partial charge >= 0.3 is 12.6 Å². The van der Waals surface area contributed by atoms with Crippen LogP contribution in [0.25, 0.3) is 5.69 Å². The number of aryl methyl sites for hydroxylation is 1. The molecular weight excluding hydrogens is 408 g/mol. The molecule has 0 saturated heterocycles. The Morgan fingerprint density at radius 3 is 2.26 bits per heavy atom. The second-order valence-corrected chi connectivity index (χ2v) is 6.92. The number of nitrogens with zero attached hydrogens (tertiary/aromatic N) is 1. The molecule has 0 fully saturated rings. The van der Waals surface area contributed by atoms with E-state index in [-0.39, 0.29) is 17.1 Å². The number of phenolic OH excluding ortho intramolecular Hbond substituents is 1. The van der Waals surface area contributed by atoms with Crippen LogP contribution in [-0.4, -0.2) is 34.1 Å². The lowest BCUT2D eigenvalue weighted by molar-refractivity contribution is -0.0498. The third kappa shape index (κ3) is 4.74. The molecular formula is C23H21F2NO5. The van der Waals surface area contributed by atoms with Gasteiger partial charge in [-0.3, -0.25) is 4.79 Å². The smallest absolute Gasteiger partial charge is 0.387 e. The highest BCUT2D eigenvalue weighted by Gasteiger charge is 2.25. The molecule has 1 N–H and O–H groups in total. The summed E-state index contributed by atoms with van der Waals surface area (Å²) in [6.45, 7) is 2.09. The van der Waals surface area contributed by atoms with Crippen LogP contribution in [0.2, 0.25) is 0 Å². The number of ketones is 1. The van der Waals surface area contributed by atoms with Crippen molar-refractivity contribution >= 4 is 11.8 Å². The van der Waals surface area contributed by atoms with Gasteiger partial charge in [0.05, 0.1) is 0 Å². The standard InChI is InChI=1S/C23H21F2NO5/c1-13-12-19(14(2)26(13)16-8-10-17(11-9-16)31-23(24)25)21(28)15(3)30-22(29)18-6-4-5-7-20(18)27/h4-12,15,23,27H,1-3H3. The molecule has 2 aromatic carbocycles. The molecule has 0 aliphatic heterocycles. The third-order valence-electron chi connectivity index (χ3n) is 4.79. The normalized spacial score (nSPS) is 11.9. The van der Waals surface area contributed by atoms with Crippen molar-refractivity contribution in [3.63, 3.8) is 0 Å². The Labute approximate surface area is 177 Å². The van der Waals surface area contributed by atoms with Crippen molar-refractivity contribution in [1.29, 1.82) is 0 Å². The van der Waals surface area contributed by atoms with E-state index in [1.165, 1.54) is 31.2 Å². The number of carbonyl (C=O) groups is 2. The molecule has 0 bridgehead atoms. The number of esters is 1. The average molecular weight is 429 g/mol. The van der Waals surface area contributed by atoms with Crippen molar-refractivity contribution < 1.29 is 33.0 Å². The van der Waals surface area contributed by atoms with Crippen molar-refractivity contribution in [2.45, 2.75) is 33.5 Å². The lowest BCUT2D eigenvalue weighted by atomic mass is 10.1. The molecule has 1 heterocycles. The average Bonchev–Trinajstić information content (AvgIpc) is 3.02. The molecule has 1 unspecified atom stereocenters. The van der Waals surface area contributed by atoms with Gasteiger partial charge in [0, 0.05) is 22.6 Å². The van der Waals surface area contributed by atoms with E-state index in [0.29, 0.717) is 16.9 Å². The summed E-state index contributed by atoms with van der Waals surface area (Å²) in [5, 5.41) is 9.79. The van der Waals surface area contributed by atoms with E-state index in [2.05, 4.69) is 4.74 Å². The number of aromatic hydroxyl groups is 1. The largest absolute Gasteiger partial charge is 0.507 e. The quantitative estimate of drug-likeness (QED) is 0.430. The number of aromatic nitrogens is 1. The van der Waals surface area contributed by atoms with Gasteiger partial charge in [-0.2, -0.15) is 8.78 Å². The molecule has 3 rings (SSSR count). The number of phenols is 1. The van der Waals surface area contributed by atoms with Crippen LogP contribution in [0.5, 0.6) is 11.5 Å². The van der Waals surface area contributed by atoms with Gasteiger partial charge in [0.1, 0.15) is 17.1 Å². The zero-order valence-electron chi connectivity index (χ0n) is 17.1. The fourth-order valence-corrected chi connectivity index (χ4v) is 3.33. The van der Waals surface area contributed by atoms with Crippen LogP contribution in [0.4, 0.5) is 8.78 Å². The summed E-state index contributed by atoms with van der Waals surface area (Å²) in [6.07, 6.45) is -1.08. The van der Waals surface area contributed by atoms with Crippen LogP contribution in [0.15, 0.2) is 54.6 Å². The Bertz CT molecular complexity index is 1110. The number of para-hydroxylation sites is 1. The van der Waals surface area contributed by atoms with Gasteiger partial charge in [-0.25, -0.2) is 4.79 Å². The van der Waals surface area contributed by atoms with E-state index in [0.717, 1.165) is 5.69 Å². The van der Waals surface area contributed by atoms with E-state index in [9.17, 15) is 23.5 Å². The number of alkyl halides is 2. The summed E-state index contributed by atoms with van der Waals surface area (Å²) in [7, 11) is 0. The highest BCUT2D eigenvalue weighted by atomic mass is 19.3. The topological polar surface area (TPSA) is 77.8 Å². The number of hydrogen-bond donors (Lipinski definition) is 1. The minimum atomic E-state index is -2.91. The Kier molecular flexibility index (Phi) is 6.39. The molecule has 0 radical (unpaired) electrons. The Balaban J connectivity index is 1.81. The van der Waals surface area contributed by atoms with Crippen LogP contribution in [0, 0.1) is 13.8 Å². The summed E-state index contributed by atoms with van der Waals surface area (Å²) in [6, 6.07) is 13.6. The number of hydrogen-bond acceptors (Lipinski definition) is 5. The van der Waals surface area contributed by atoms with Gasteiger partial charge < -0.3 is 19.1 Å². The van der Waals surface area contributed by atoms with E-state index in [1.54, 1.807) is 48.7 Å². The van der Waals surface area contributed by atoms with Crippen molar-refractivity contribution in [2.24, 2.45) is 0 Å². The van der Waals surface area contributed by atoms with Crippen molar-refractivity contribution in [1.82, 2.24) is 4.57 Å². The zero-order valence-corrected chi connectivity index (χ0v) is 17.1. The molecule has 31 heavy (non-hydrogen) atoms.